The molecule has 0 aliphatic rings. The van der Waals surface area contributed by atoms with Gasteiger partial charge in [0.25, 0.3) is 0 Å². The zero-order valence-electron chi connectivity index (χ0n) is 11.4. The quantitative estimate of drug-likeness (QED) is 0.863. The first-order valence-corrected chi connectivity index (χ1v) is 5.97. The molecule has 6 heteroatoms. The molecule has 0 aliphatic heterocycles. The number of aromatic nitrogens is 1. The first-order valence-electron chi connectivity index (χ1n) is 5.97. The molecule has 1 heterocycles. The highest BCUT2D eigenvalue weighted by atomic mass is 16.4. The lowest BCUT2D eigenvalue weighted by molar-refractivity contribution is -0.138. The Morgan fingerprint density at radius 1 is 1.32 bits per heavy atom. The molecular weight excluding hydrogens is 246 g/mol. The van der Waals surface area contributed by atoms with Crippen LogP contribution in [0.5, 0.6) is 0 Å². The summed E-state index contributed by atoms with van der Waals surface area (Å²) in [5, 5.41) is 11.6. The van der Waals surface area contributed by atoms with Crippen molar-refractivity contribution >= 4 is 12.0 Å². The van der Waals surface area contributed by atoms with Crippen molar-refractivity contribution in [2.24, 2.45) is 0 Å². The zero-order valence-corrected chi connectivity index (χ0v) is 11.4. The molecule has 0 spiro atoms. The van der Waals surface area contributed by atoms with Gasteiger partial charge in [0, 0.05) is 24.5 Å². The van der Waals surface area contributed by atoms with Gasteiger partial charge < -0.3 is 15.3 Å². The molecule has 0 saturated carbocycles. The Kier molecular flexibility index (Phi) is 4.86. The van der Waals surface area contributed by atoms with Crippen molar-refractivity contribution in [3.05, 3.63) is 30.1 Å². The summed E-state index contributed by atoms with van der Waals surface area (Å²) in [6.45, 7) is 5.39. The van der Waals surface area contributed by atoms with Crippen molar-refractivity contribution in [3.63, 3.8) is 0 Å². The average Bonchev–Trinajstić information content (AvgIpc) is 2.33. The standard InChI is InChI=1S/C13H19N3O3/c1-13(2,3)16(9-11(17)18)12(19)15-8-10-4-6-14-7-5-10/h4-7H,8-9H2,1-3H3,(H,15,19)(H,17,18). The van der Waals surface area contributed by atoms with Crippen LogP contribution in [0.1, 0.15) is 26.3 Å². The monoisotopic (exact) mass is 265 g/mol. The van der Waals surface area contributed by atoms with E-state index in [-0.39, 0.29) is 6.54 Å². The number of aliphatic carboxylic acids is 1. The topological polar surface area (TPSA) is 82.5 Å². The lowest BCUT2D eigenvalue weighted by atomic mass is 10.1. The van der Waals surface area contributed by atoms with Crippen molar-refractivity contribution in [2.75, 3.05) is 6.54 Å². The van der Waals surface area contributed by atoms with Crippen LogP contribution in [0.25, 0.3) is 0 Å². The minimum absolute atomic E-state index is 0.328. The Bertz CT molecular complexity index is 440. The molecular formula is C13H19N3O3. The van der Waals surface area contributed by atoms with Crippen LogP contribution in [0.2, 0.25) is 0 Å². The second kappa shape index (κ2) is 6.17. The van der Waals surface area contributed by atoms with E-state index in [9.17, 15) is 9.59 Å². The maximum Gasteiger partial charge on any atom is 0.323 e. The van der Waals surface area contributed by atoms with E-state index in [0.717, 1.165) is 5.56 Å². The molecule has 1 aromatic heterocycles. The fourth-order valence-electron chi connectivity index (χ4n) is 1.52. The lowest BCUT2D eigenvalue weighted by Gasteiger charge is -2.34. The first-order chi connectivity index (χ1) is 8.80. The molecule has 0 radical (unpaired) electrons. The second-order valence-corrected chi connectivity index (χ2v) is 5.16. The fourth-order valence-corrected chi connectivity index (χ4v) is 1.52. The van der Waals surface area contributed by atoms with E-state index in [1.807, 2.05) is 0 Å². The van der Waals surface area contributed by atoms with Crippen LogP contribution in [-0.4, -0.2) is 39.1 Å². The number of nitrogens with one attached hydrogen (secondary N) is 1. The number of nitrogens with zero attached hydrogens (tertiary/aromatic N) is 2. The number of hydrogen-bond acceptors (Lipinski definition) is 3. The highest BCUT2D eigenvalue weighted by Crippen LogP contribution is 2.13. The van der Waals surface area contributed by atoms with Gasteiger partial charge in [-0.1, -0.05) is 0 Å². The number of carboxylic acids is 1. The van der Waals surface area contributed by atoms with Crippen molar-refractivity contribution in [3.8, 4) is 0 Å². The fraction of sp³-hybridized carbons (Fsp3) is 0.462. The molecule has 0 saturated heterocycles. The van der Waals surface area contributed by atoms with Crippen molar-refractivity contribution in [1.29, 1.82) is 0 Å². The van der Waals surface area contributed by atoms with E-state index < -0.39 is 17.5 Å². The van der Waals surface area contributed by atoms with Crippen molar-refractivity contribution < 1.29 is 14.7 Å². The molecule has 2 N–H and O–H groups in total. The van der Waals surface area contributed by atoms with Gasteiger partial charge in [-0.3, -0.25) is 9.78 Å². The van der Waals surface area contributed by atoms with E-state index in [1.165, 1.54) is 4.90 Å². The molecule has 0 aliphatic carbocycles. The molecule has 0 unspecified atom stereocenters. The van der Waals surface area contributed by atoms with Gasteiger partial charge in [-0.2, -0.15) is 0 Å². The van der Waals surface area contributed by atoms with E-state index in [4.69, 9.17) is 5.11 Å². The summed E-state index contributed by atoms with van der Waals surface area (Å²) in [6.07, 6.45) is 3.28. The summed E-state index contributed by atoms with van der Waals surface area (Å²) in [5.74, 6) is -1.03. The van der Waals surface area contributed by atoms with Gasteiger partial charge in [0.15, 0.2) is 0 Å². The third kappa shape index (κ3) is 4.95. The van der Waals surface area contributed by atoms with Gasteiger partial charge in [-0.05, 0) is 38.5 Å². The Hall–Kier alpha value is -2.11. The first kappa shape index (κ1) is 14.9. The van der Waals surface area contributed by atoms with Gasteiger partial charge in [-0.25, -0.2) is 4.79 Å². The molecule has 1 aromatic rings. The summed E-state index contributed by atoms with van der Waals surface area (Å²) < 4.78 is 0. The number of hydrogen-bond donors (Lipinski definition) is 2. The van der Waals surface area contributed by atoms with Crippen LogP contribution >= 0.6 is 0 Å². The Balaban J connectivity index is 2.65. The lowest BCUT2D eigenvalue weighted by Crippen LogP contribution is -2.52. The second-order valence-electron chi connectivity index (χ2n) is 5.16. The highest BCUT2D eigenvalue weighted by molar-refractivity contribution is 5.80. The van der Waals surface area contributed by atoms with Crippen LogP contribution in [0, 0.1) is 0 Å². The summed E-state index contributed by atoms with van der Waals surface area (Å²) in [5.41, 5.74) is 0.355. The largest absolute Gasteiger partial charge is 0.480 e. The minimum Gasteiger partial charge on any atom is -0.480 e. The van der Waals surface area contributed by atoms with E-state index in [1.54, 1.807) is 45.3 Å². The number of carboxylic acid groups (broad SMARTS) is 1. The van der Waals surface area contributed by atoms with Crippen LogP contribution in [0.4, 0.5) is 4.79 Å². The smallest absolute Gasteiger partial charge is 0.323 e. The molecule has 0 fully saturated rings. The molecule has 0 bridgehead atoms. The summed E-state index contributed by atoms with van der Waals surface area (Å²) in [7, 11) is 0. The van der Waals surface area contributed by atoms with Crippen molar-refractivity contribution in [1.82, 2.24) is 15.2 Å². The van der Waals surface area contributed by atoms with Crippen molar-refractivity contribution in [2.45, 2.75) is 32.9 Å². The number of urea groups is 1. The molecule has 104 valence electrons. The highest BCUT2D eigenvalue weighted by Gasteiger charge is 2.28. The van der Waals surface area contributed by atoms with Crippen LogP contribution in [0.15, 0.2) is 24.5 Å². The number of carbonyl (C=O) groups excluding carboxylic acids is 1. The van der Waals surface area contributed by atoms with E-state index in [2.05, 4.69) is 10.3 Å². The van der Waals surface area contributed by atoms with Crippen LogP contribution in [0.3, 0.4) is 0 Å². The molecule has 0 atom stereocenters. The van der Waals surface area contributed by atoms with Crippen LogP contribution < -0.4 is 5.32 Å². The molecule has 2 amide bonds. The van der Waals surface area contributed by atoms with Gasteiger partial charge in [0.1, 0.15) is 6.54 Å². The third-order valence-electron chi connectivity index (χ3n) is 2.54. The van der Waals surface area contributed by atoms with E-state index in [0.29, 0.717) is 6.54 Å². The predicted octanol–water partition coefficient (Wildman–Crippen LogP) is 1.48. The number of amides is 2. The maximum absolute atomic E-state index is 12.0. The van der Waals surface area contributed by atoms with Gasteiger partial charge >= 0.3 is 12.0 Å². The third-order valence-corrected chi connectivity index (χ3v) is 2.54. The Labute approximate surface area is 112 Å². The van der Waals surface area contributed by atoms with Gasteiger partial charge in [0.2, 0.25) is 0 Å². The van der Waals surface area contributed by atoms with Crippen LogP contribution in [-0.2, 0) is 11.3 Å². The average molecular weight is 265 g/mol. The summed E-state index contributed by atoms with van der Waals surface area (Å²) in [4.78, 5) is 28.0. The Morgan fingerprint density at radius 2 is 1.89 bits per heavy atom. The number of rotatable bonds is 4. The summed E-state index contributed by atoms with van der Waals surface area (Å²) in [6, 6.07) is 3.18. The molecule has 19 heavy (non-hydrogen) atoms. The molecule has 0 aromatic carbocycles. The maximum atomic E-state index is 12.0. The zero-order chi connectivity index (χ0) is 14.5. The molecule has 6 nitrogen and oxygen atoms in total. The Morgan fingerprint density at radius 3 is 2.37 bits per heavy atom. The van der Waals surface area contributed by atoms with Gasteiger partial charge in [-0.15, -0.1) is 0 Å². The predicted molar refractivity (Wildman–Crippen MR) is 70.6 cm³/mol. The van der Waals surface area contributed by atoms with Gasteiger partial charge in [0.05, 0.1) is 0 Å². The summed E-state index contributed by atoms with van der Waals surface area (Å²) >= 11 is 0. The number of pyridine rings is 1. The SMILES string of the molecule is CC(C)(C)N(CC(=O)O)C(=O)NCc1ccncc1. The minimum atomic E-state index is -1.03. The molecule has 1 rings (SSSR count). The number of carbonyl (C=O) groups is 2. The van der Waals surface area contributed by atoms with E-state index >= 15 is 0 Å². The normalized spacial score (nSPS) is 10.9.